The summed E-state index contributed by atoms with van der Waals surface area (Å²) in [6.07, 6.45) is 0. The minimum atomic E-state index is -0.306. The number of rotatable bonds is 3. The summed E-state index contributed by atoms with van der Waals surface area (Å²) in [4.78, 5) is 12.2. The molecule has 1 amide bonds. The number of carbonyl (C=O) groups excluding carboxylic acids is 1. The van der Waals surface area contributed by atoms with E-state index >= 15 is 0 Å². The predicted octanol–water partition coefficient (Wildman–Crippen LogP) is 5.39. The number of hydrogen-bond donors (Lipinski definition) is 1. The first-order valence-corrected chi connectivity index (χ1v) is 7.13. The summed E-state index contributed by atoms with van der Waals surface area (Å²) in [7, 11) is 0. The first-order chi connectivity index (χ1) is 9.49. The maximum Gasteiger partial charge on any atom is 0.231 e. The molecular weight excluding hydrogens is 317 g/mol. The molecule has 104 valence electrons. The molecule has 0 spiro atoms. The number of hydrogen-bond acceptors (Lipinski definition) is 1. The first kappa shape index (κ1) is 15.2. The van der Waals surface area contributed by atoms with Crippen LogP contribution in [0.3, 0.4) is 0 Å². The maximum absolute atomic E-state index is 12.2. The van der Waals surface area contributed by atoms with Crippen LogP contribution >= 0.6 is 34.8 Å². The molecular formula is C15H12Cl3NO. The van der Waals surface area contributed by atoms with Gasteiger partial charge < -0.3 is 5.32 Å². The van der Waals surface area contributed by atoms with Gasteiger partial charge >= 0.3 is 0 Å². The second-order valence-corrected chi connectivity index (χ2v) is 5.62. The number of halogens is 3. The molecule has 2 nitrogen and oxygen atoms in total. The van der Waals surface area contributed by atoms with Crippen molar-refractivity contribution in [2.24, 2.45) is 0 Å². The van der Waals surface area contributed by atoms with Gasteiger partial charge in [-0.2, -0.15) is 0 Å². The summed E-state index contributed by atoms with van der Waals surface area (Å²) >= 11 is 17.9. The Kier molecular flexibility index (Phi) is 4.92. The number of carbonyl (C=O) groups is 1. The second kappa shape index (κ2) is 6.49. The van der Waals surface area contributed by atoms with Gasteiger partial charge in [0.05, 0.1) is 21.7 Å². The van der Waals surface area contributed by atoms with Gasteiger partial charge in [0.25, 0.3) is 0 Å². The van der Waals surface area contributed by atoms with Gasteiger partial charge in [-0.05, 0) is 24.6 Å². The molecule has 0 aliphatic carbocycles. The Morgan fingerprint density at radius 2 is 1.60 bits per heavy atom. The lowest BCUT2D eigenvalue weighted by Gasteiger charge is -2.14. The standard InChI is InChI=1S/C15H12Cl3NO/c1-9(10-5-3-2-4-6-10)15(20)19-14-12(17)7-11(16)8-13(14)18/h2-9H,1H3,(H,19,20)/t9-/m1/s1. The number of anilines is 1. The van der Waals surface area contributed by atoms with E-state index in [1.807, 2.05) is 37.3 Å². The lowest BCUT2D eigenvalue weighted by atomic mass is 10.0. The van der Waals surface area contributed by atoms with E-state index in [9.17, 15) is 4.79 Å². The van der Waals surface area contributed by atoms with E-state index in [4.69, 9.17) is 34.8 Å². The van der Waals surface area contributed by atoms with Crippen molar-refractivity contribution in [1.29, 1.82) is 0 Å². The predicted molar refractivity (Wildman–Crippen MR) is 85.0 cm³/mol. The fraction of sp³-hybridized carbons (Fsp3) is 0.133. The normalized spacial score (nSPS) is 12.0. The third kappa shape index (κ3) is 3.45. The molecule has 0 bridgehead atoms. The summed E-state index contributed by atoms with van der Waals surface area (Å²) in [5.74, 6) is -0.485. The highest BCUT2D eigenvalue weighted by Crippen LogP contribution is 2.34. The van der Waals surface area contributed by atoms with Crippen LogP contribution in [-0.2, 0) is 4.79 Å². The summed E-state index contributed by atoms with van der Waals surface area (Å²) in [5.41, 5.74) is 1.30. The summed E-state index contributed by atoms with van der Waals surface area (Å²) in [6, 6.07) is 12.6. The van der Waals surface area contributed by atoms with Crippen molar-refractivity contribution in [3.63, 3.8) is 0 Å². The van der Waals surface area contributed by atoms with Crippen LogP contribution in [0.2, 0.25) is 15.1 Å². The van der Waals surface area contributed by atoms with Crippen molar-refractivity contribution in [1.82, 2.24) is 0 Å². The molecule has 1 atom stereocenters. The Labute approximate surface area is 132 Å². The Morgan fingerprint density at radius 3 is 2.15 bits per heavy atom. The average Bonchev–Trinajstić information content (AvgIpc) is 2.42. The van der Waals surface area contributed by atoms with Crippen LogP contribution < -0.4 is 5.32 Å². The third-order valence-electron chi connectivity index (χ3n) is 2.95. The number of benzene rings is 2. The lowest BCUT2D eigenvalue weighted by Crippen LogP contribution is -2.19. The highest BCUT2D eigenvalue weighted by atomic mass is 35.5. The van der Waals surface area contributed by atoms with Gasteiger partial charge in [0.2, 0.25) is 5.91 Å². The van der Waals surface area contributed by atoms with Crippen molar-refractivity contribution in [2.45, 2.75) is 12.8 Å². The largest absolute Gasteiger partial charge is 0.323 e. The Hall–Kier alpha value is -1.22. The van der Waals surface area contributed by atoms with Crippen LogP contribution in [0, 0.1) is 0 Å². The Morgan fingerprint density at radius 1 is 1.05 bits per heavy atom. The van der Waals surface area contributed by atoms with E-state index in [0.29, 0.717) is 20.8 Å². The van der Waals surface area contributed by atoms with Crippen molar-refractivity contribution >= 4 is 46.4 Å². The van der Waals surface area contributed by atoms with E-state index in [0.717, 1.165) is 5.56 Å². The summed E-state index contributed by atoms with van der Waals surface area (Å²) in [5, 5.41) is 3.80. The zero-order valence-corrected chi connectivity index (χ0v) is 12.9. The van der Waals surface area contributed by atoms with Crippen molar-refractivity contribution in [3.05, 3.63) is 63.1 Å². The minimum absolute atomic E-state index is 0.178. The van der Waals surface area contributed by atoms with Crippen LogP contribution in [0.25, 0.3) is 0 Å². The monoisotopic (exact) mass is 327 g/mol. The van der Waals surface area contributed by atoms with Crippen LogP contribution in [0.4, 0.5) is 5.69 Å². The van der Waals surface area contributed by atoms with E-state index in [2.05, 4.69) is 5.32 Å². The molecule has 2 aromatic rings. The molecule has 0 unspecified atom stereocenters. The van der Waals surface area contributed by atoms with Crippen molar-refractivity contribution < 1.29 is 4.79 Å². The van der Waals surface area contributed by atoms with Gasteiger partial charge in [-0.15, -0.1) is 0 Å². The average molecular weight is 329 g/mol. The van der Waals surface area contributed by atoms with E-state index in [-0.39, 0.29) is 11.8 Å². The fourth-order valence-electron chi connectivity index (χ4n) is 1.79. The quantitative estimate of drug-likeness (QED) is 0.804. The van der Waals surface area contributed by atoms with Crippen molar-refractivity contribution in [3.8, 4) is 0 Å². The van der Waals surface area contributed by atoms with E-state index in [1.54, 1.807) is 0 Å². The molecule has 20 heavy (non-hydrogen) atoms. The van der Waals surface area contributed by atoms with Gasteiger partial charge in [-0.3, -0.25) is 4.79 Å². The van der Waals surface area contributed by atoms with Gasteiger partial charge in [0.1, 0.15) is 0 Å². The fourth-order valence-corrected chi connectivity index (χ4v) is 2.70. The Bertz CT molecular complexity index is 605. The lowest BCUT2D eigenvalue weighted by molar-refractivity contribution is -0.117. The third-order valence-corrected chi connectivity index (χ3v) is 3.76. The molecule has 0 aliphatic heterocycles. The molecule has 0 aromatic heterocycles. The second-order valence-electron chi connectivity index (χ2n) is 4.37. The Balaban J connectivity index is 2.20. The van der Waals surface area contributed by atoms with Crippen LogP contribution in [-0.4, -0.2) is 5.91 Å². The molecule has 0 saturated carbocycles. The first-order valence-electron chi connectivity index (χ1n) is 5.99. The smallest absolute Gasteiger partial charge is 0.231 e. The van der Waals surface area contributed by atoms with Gasteiger partial charge in [0.15, 0.2) is 0 Å². The minimum Gasteiger partial charge on any atom is -0.323 e. The molecule has 0 heterocycles. The van der Waals surface area contributed by atoms with Gasteiger partial charge in [-0.25, -0.2) is 0 Å². The van der Waals surface area contributed by atoms with Crippen molar-refractivity contribution in [2.75, 3.05) is 5.32 Å². The van der Waals surface area contributed by atoms with Crippen LogP contribution in [0.15, 0.2) is 42.5 Å². The zero-order valence-electron chi connectivity index (χ0n) is 10.7. The molecule has 0 saturated heterocycles. The van der Waals surface area contributed by atoms with E-state index in [1.165, 1.54) is 12.1 Å². The zero-order chi connectivity index (χ0) is 14.7. The highest BCUT2D eigenvalue weighted by molar-refractivity contribution is 6.42. The summed E-state index contributed by atoms with van der Waals surface area (Å²) < 4.78 is 0. The van der Waals surface area contributed by atoms with Crippen LogP contribution in [0.1, 0.15) is 18.4 Å². The van der Waals surface area contributed by atoms with E-state index < -0.39 is 0 Å². The van der Waals surface area contributed by atoms with Gasteiger partial charge in [0, 0.05) is 5.02 Å². The number of nitrogens with one attached hydrogen (secondary N) is 1. The molecule has 2 rings (SSSR count). The molecule has 0 radical (unpaired) electrons. The van der Waals surface area contributed by atoms with Crippen LogP contribution in [0.5, 0.6) is 0 Å². The molecule has 5 heteroatoms. The molecule has 0 aliphatic rings. The SMILES string of the molecule is C[C@@H](C(=O)Nc1c(Cl)cc(Cl)cc1Cl)c1ccccc1. The van der Waals surface area contributed by atoms with Gasteiger partial charge in [-0.1, -0.05) is 65.1 Å². The maximum atomic E-state index is 12.2. The number of amides is 1. The highest BCUT2D eigenvalue weighted by Gasteiger charge is 2.18. The topological polar surface area (TPSA) is 29.1 Å². The summed E-state index contributed by atoms with van der Waals surface area (Å²) in [6.45, 7) is 1.82. The molecule has 0 fully saturated rings. The molecule has 1 N–H and O–H groups in total. The molecule has 2 aromatic carbocycles.